The molecular weight excluding hydrogens is 264 g/mol. The number of pyridine rings is 1. The molecule has 18 heavy (non-hydrogen) atoms. The molecule has 0 aliphatic carbocycles. The standard InChI is InChI=1S/C10H9ClN2O5/c11-8-5(2-1-3-12-8)9(16)13-6(10(17)18)4-7(14)15/h1-3,6H,4H2,(H,13,16)(H,14,15)(H,17,18)/t6-/m0/s1. The van der Waals surface area contributed by atoms with Gasteiger partial charge in [0.25, 0.3) is 5.91 Å². The molecule has 0 aliphatic rings. The molecule has 96 valence electrons. The van der Waals surface area contributed by atoms with Crippen molar-refractivity contribution in [2.75, 3.05) is 0 Å². The first-order valence-electron chi connectivity index (χ1n) is 4.77. The van der Waals surface area contributed by atoms with E-state index in [1.165, 1.54) is 18.3 Å². The number of aromatic nitrogens is 1. The average molecular weight is 273 g/mol. The summed E-state index contributed by atoms with van der Waals surface area (Å²) in [5.74, 6) is -3.56. The number of halogens is 1. The van der Waals surface area contributed by atoms with Gasteiger partial charge in [0.1, 0.15) is 11.2 Å². The summed E-state index contributed by atoms with van der Waals surface area (Å²) in [5.41, 5.74) is -0.0178. The zero-order chi connectivity index (χ0) is 13.7. The van der Waals surface area contributed by atoms with Crippen LogP contribution in [0.4, 0.5) is 0 Å². The van der Waals surface area contributed by atoms with Gasteiger partial charge in [-0.2, -0.15) is 0 Å². The third-order valence-corrected chi connectivity index (χ3v) is 2.29. The van der Waals surface area contributed by atoms with Crippen molar-refractivity contribution >= 4 is 29.4 Å². The van der Waals surface area contributed by atoms with E-state index in [4.69, 9.17) is 21.8 Å². The zero-order valence-corrected chi connectivity index (χ0v) is 9.72. The van der Waals surface area contributed by atoms with Gasteiger partial charge in [0.2, 0.25) is 0 Å². The fraction of sp³-hybridized carbons (Fsp3) is 0.200. The number of aliphatic carboxylic acids is 2. The molecule has 1 rings (SSSR count). The second kappa shape index (κ2) is 5.97. The van der Waals surface area contributed by atoms with E-state index in [-0.39, 0.29) is 10.7 Å². The van der Waals surface area contributed by atoms with E-state index in [0.717, 1.165) is 0 Å². The molecule has 0 saturated carbocycles. The molecule has 1 atom stereocenters. The first-order chi connectivity index (χ1) is 8.41. The third kappa shape index (κ3) is 3.70. The minimum atomic E-state index is -1.52. The van der Waals surface area contributed by atoms with Crippen LogP contribution in [0.2, 0.25) is 5.15 Å². The number of carbonyl (C=O) groups is 3. The number of nitrogens with one attached hydrogen (secondary N) is 1. The summed E-state index contributed by atoms with van der Waals surface area (Å²) in [7, 11) is 0. The molecule has 0 spiro atoms. The van der Waals surface area contributed by atoms with Gasteiger partial charge in [0, 0.05) is 6.20 Å². The Balaban J connectivity index is 2.82. The number of nitrogens with zero attached hydrogens (tertiary/aromatic N) is 1. The van der Waals surface area contributed by atoms with E-state index in [1.807, 2.05) is 0 Å². The normalized spacial score (nSPS) is 11.6. The molecule has 0 bridgehead atoms. The molecule has 1 aromatic heterocycles. The van der Waals surface area contributed by atoms with Crippen LogP contribution >= 0.6 is 11.6 Å². The first kappa shape index (κ1) is 13.9. The Kier molecular flexibility index (Phi) is 4.61. The summed E-state index contributed by atoms with van der Waals surface area (Å²) in [6.07, 6.45) is 0.643. The van der Waals surface area contributed by atoms with Crippen LogP contribution < -0.4 is 5.32 Å². The van der Waals surface area contributed by atoms with E-state index < -0.39 is 30.3 Å². The summed E-state index contributed by atoms with van der Waals surface area (Å²) in [5, 5.41) is 19.3. The van der Waals surface area contributed by atoms with Gasteiger partial charge >= 0.3 is 11.9 Å². The lowest BCUT2D eigenvalue weighted by Gasteiger charge is -2.12. The number of amides is 1. The molecule has 0 fully saturated rings. The van der Waals surface area contributed by atoms with Crippen LogP contribution in [0.15, 0.2) is 18.3 Å². The molecular formula is C10H9ClN2O5. The maximum atomic E-state index is 11.7. The van der Waals surface area contributed by atoms with Crippen LogP contribution in [-0.2, 0) is 9.59 Å². The number of hydrogen-bond donors (Lipinski definition) is 3. The van der Waals surface area contributed by atoms with Gasteiger partial charge in [0.15, 0.2) is 0 Å². The van der Waals surface area contributed by atoms with Crippen molar-refractivity contribution in [1.82, 2.24) is 10.3 Å². The second-order valence-corrected chi connectivity index (χ2v) is 3.66. The second-order valence-electron chi connectivity index (χ2n) is 3.30. The number of carboxylic acids is 2. The quantitative estimate of drug-likeness (QED) is 0.668. The van der Waals surface area contributed by atoms with Gasteiger partial charge in [-0.1, -0.05) is 11.6 Å². The van der Waals surface area contributed by atoms with E-state index in [1.54, 1.807) is 0 Å². The smallest absolute Gasteiger partial charge is 0.326 e. The summed E-state index contributed by atoms with van der Waals surface area (Å²) in [6.45, 7) is 0. The highest BCUT2D eigenvalue weighted by Gasteiger charge is 2.24. The Morgan fingerprint density at radius 3 is 2.56 bits per heavy atom. The molecule has 1 heterocycles. The van der Waals surface area contributed by atoms with Crippen LogP contribution in [0.25, 0.3) is 0 Å². The predicted octanol–water partition coefficient (Wildman–Crippen LogP) is 0.393. The summed E-state index contributed by atoms with van der Waals surface area (Å²) in [4.78, 5) is 36.5. The number of carbonyl (C=O) groups excluding carboxylic acids is 1. The van der Waals surface area contributed by atoms with Crippen molar-refractivity contribution in [3.05, 3.63) is 29.0 Å². The van der Waals surface area contributed by atoms with Gasteiger partial charge in [-0.05, 0) is 12.1 Å². The third-order valence-electron chi connectivity index (χ3n) is 1.99. The van der Waals surface area contributed by atoms with Gasteiger partial charge in [-0.15, -0.1) is 0 Å². The molecule has 8 heteroatoms. The molecule has 0 aromatic carbocycles. The van der Waals surface area contributed by atoms with E-state index in [9.17, 15) is 14.4 Å². The lowest BCUT2D eigenvalue weighted by Crippen LogP contribution is -2.42. The fourth-order valence-electron chi connectivity index (χ4n) is 1.17. The monoisotopic (exact) mass is 272 g/mol. The predicted molar refractivity (Wildman–Crippen MR) is 60.4 cm³/mol. The minimum absolute atomic E-state index is 0.0178. The van der Waals surface area contributed by atoms with Crippen molar-refractivity contribution in [1.29, 1.82) is 0 Å². The van der Waals surface area contributed by atoms with Crippen molar-refractivity contribution in [3.8, 4) is 0 Å². The van der Waals surface area contributed by atoms with Crippen LogP contribution in [-0.4, -0.2) is 39.1 Å². The van der Waals surface area contributed by atoms with Crippen LogP contribution in [0.1, 0.15) is 16.8 Å². The Labute approximate surface area is 106 Å². The molecule has 3 N–H and O–H groups in total. The number of carboxylic acid groups (broad SMARTS) is 2. The van der Waals surface area contributed by atoms with Crippen LogP contribution in [0.3, 0.4) is 0 Å². The Bertz CT molecular complexity index is 491. The molecule has 1 amide bonds. The maximum absolute atomic E-state index is 11.7. The first-order valence-corrected chi connectivity index (χ1v) is 5.15. The molecule has 7 nitrogen and oxygen atoms in total. The SMILES string of the molecule is O=C(O)C[C@H](NC(=O)c1cccnc1Cl)C(=O)O. The van der Waals surface area contributed by atoms with Crippen molar-refractivity contribution in [3.63, 3.8) is 0 Å². The van der Waals surface area contributed by atoms with Gasteiger partial charge in [-0.3, -0.25) is 9.59 Å². The summed E-state index contributed by atoms with van der Waals surface area (Å²) >= 11 is 5.65. The lowest BCUT2D eigenvalue weighted by molar-refractivity contribution is -0.145. The fourth-order valence-corrected chi connectivity index (χ4v) is 1.37. The largest absolute Gasteiger partial charge is 0.481 e. The highest BCUT2D eigenvalue weighted by atomic mass is 35.5. The Hall–Kier alpha value is -2.15. The zero-order valence-electron chi connectivity index (χ0n) is 8.96. The summed E-state index contributed by atoms with van der Waals surface area (Å²) in [6, 6.07) is 1.28. The van der Waals surface area contributed by atoms with Crippen molar-refractivity contribution in [2.24, 2.45) is 0 Å². The average Bonchev–Trinajstić information content (AvgIpc) is 2.27. The topological polar surface area (TPSA) is 117 Å². The maximum Gasteiger partial charge on any atom is 0.326 e. The number of hydrogen-bond acceptors (Lipinski definition) is 4. The van der Waals surface area contributed by atoms with Crippen molar-refractivity contribution in [2.45, 2.75) is 12.5 Å². The lowest BCUT2D eigenvalue weighted by atomic mass is 10.2. The van der Waals surface area contributed by atoms with E-state index in [0.29, 0.717) is 0 Å². The van der Waals surface area contributed by atoms with Gasteiger partial charge < -0.3 is 15.5 Å². The Morgan fingerprint density at radius 2 is 2.06 bits per heavy atom. The molecule has 0 radical (unpaired) electrons. The number of rotatable bonds is 5. The molecule has 0 aliphatic heterocycles. The molecule has 1 aromatic rings. The van der Waals surface area contributed by atoms with Crippen molar-refractivity contribution < 1.29 is 24.6 Å². The van der Waals surface area contributed by atoms with Crippen LogP contribution in [0, 0.1) is 0 Å². The highest BCUT2D eigenvalue weighted by Crippen LogP contribution is 2.11. The molecule has 0 saturated heterocycles. The van der Waals surface area contributed by atoms with E-state index >= 15 is 0 Å². The molecule has 0 unspecified atom stereocenters. The van der Waals surface area contributed by atoms with Crippen LogP contribution in [0.5, 0.6) is 0 Å². The van der Waals surface area contributed by atoms with Gasteiger partial charge in [0.05, 0.1) is 12.0 Å². The summed E-state index contributed by atoms with van der Waals surface area (Å²) < 4.78 is 0. The van der Waals surface area contributed by atoms with E-state index in [2.05, 4.69) is 10.3 Å². The Morgan fingerprint density at radius 1 is 1.39 bits per heavy atom. The highest BCUT2D eigenvalue weighted by molar-refractivity contribution is 6.32. The minimum Gasteiger partial charge on any atom is -0.481 e. The van der Waals surface area contributed by atoms with Gasteiger partial charge in [-0.25, -0.2) is 9.78 Å².